The second kappa shape index (κ2) is 7.24. The van der Waals surface area contributed by atoms with Crippen molar-refractivity contribution in [3.63, 3.8) is 0 Å². The number of hydrogen-bond acceptors (Lipinski definition) is 4. The Kier molecular flexibility index (Phi) is 4.88. The molecular formula is C18H22N4O. The molecule has 0 aliphatic rings. The molecule has 0 amide bonds. The number of anilines is 1. The van der Waals surface area contributed by atoms with Crippen LogP contribution in [0, 0.1) is 0 Å². The topological polar surface area (TPSA) is 66.0 Å². The van der Waals surface area contributed by atoms with Crippen LogP contribution in [0.4, 0.5) is 5.82 Å². The van der Waals surface area contributed by atoms with Gasteiger partial charge in [-0.2, -0.15) is 0 Å². The van der Waals surface area contributed by atoms with Crippen LogP contribution in [-0.4, -0.2) is 14.5 Å². The van der Waals surface area contributed by atoms with Crippen LogP contribution in [0.2, 0.25) is 0 Å². The first-order valence-electron chi connectivity index (χ1n) is 8.01. The van der Waals surface area contributed by atoms with Crippen molar-refractivity contribution in [1.29, 1.82) is 0 Å². The predicted molar refractivity (Wildman–Crippen MR) is 91.8 cm³/mol. The summed E-state index contributed by atoms with van der Waals surface area (Å²) in [5.74, 6) is 1.34. The number of rotatable bonds is 7. The summed E-state index contributed by atoms with van der Waals surface area (Å²) in [7, 11) is 0. The number of nitrogens with zero attached hydrogens (tertiary/aromatic N) is 3. The summed E-state index contributed by atoms with van der Waals surface area (Å²) in [5, 5.41) is 0. The van der Waals surface area contributed by atoms with E-state index in [0.29, 0.717) is 19.2 Å². The smallest absolute Gasteiger partial charge is 0.151 e. The number of unbranched alkanes of at least 4 members (excludes halogenated alkanes) is 1. The van der Waals surface area contributed by atoms with Gasteiger partial charge in [0.2, 0.25) is 0 Å². The quantitative estimate of drug-likeness (QED) is 0.725. The van der Waals surface area contributed by atoms with Crippen molar-refractivity contribution < 1.29 is 4.74 Å². The fraction of sp³-hybridized carbons (Fsp3) is 0.333. The van der Waals surface area contributed by atoms with Crippen LogP contribution in [0.1, 0.15) is 31.2 Å². The molecule has 2 aromatic heterocycles. The molecule has 0 spiro atoms. The molecule has 0 saturated carbocycles. The van der Waals surface area contributed by atoms with E-state index >= 15 is 0 Å². The Labute approximate surface area is 136 Å². The van der Waals surface area contributed by atoms with Crippen LogP contribution >= 0.6 is 0 Å². The number of nitrogens with two attached hydrogens (primary N) is 1. The fourth-order valence-corrected chi connectivity index (χ4v) is 2.58. The van der Waals surface area contributed by atoms with Gasteiger partial charge in [-0.15, -0.1) is 0 Å². The summed E-state index contributed by atoms with van der Waals surface area (Å²) in [6.45, 7) is 3.15. The van der Waals surface area contributed by atoms with E-state index < -0.39 is 0 Å². The first-order valence-corrected chi connectivity index (χ1v) is 8.01. The van der Waals surface area contributed by atoms with Gasteiger partial charge in [0, 0.05) is 12.6 Å². The molecule has 5 heteroatoms. The van der Waals surface area contributed by atoms with Crippen molar-refractivity contribution in [2.24, 2.45) is 0 Å². The summed E-state index contributed by atoms with van der Waals surface area (Å²) < 4.78 is 7.73. The molecule has 0 atom stereocenters. The Bertz CT molecular complexity index is 767. The summed E-state index contributed by atoms with van der Waals surface area (Å²) in [6, 6.07) is 12.1. The lowest BCUT2D eigenvalue weighted by Crippen LogP contribution is -2.06. The number of fused-ring (bicyclic) bond motifs is 1. The molecular weight excluding hydrogens is 288 g/mol. The maximum atomic E-state index is 6.13. The number of aromatic nitrogens is 3. The molecule has 2 heterocycles. The van der Waals surface area contributed by atoms with Crippen LogP contribution in [0.5, 0.6) is 0 Å². The standard InChI is InChI=1S/C18H22N4O/c1-2-3-9-16-20-15-10-11-22(17(15)18(19)21-16)13-23-12-14-7-5-4-6-8-14/h4-8,10-11H,2-3,9,12-13H2,1H3,(H2,19,20,21). The minimum absolute atomic E-state index is 0.431. The molecule has 0 aliphatic carbocycles. The van der Waals surface area contributed by atoms with Crippen LogP contribution in [0.25, 0.3) is 11.0 Å². The highest BCUT2D eigenvalue weighted by Crippen LogP contribution is 2.20. The fourth-order valence-electron chi connectivity index (χ4n) is 2.58. The normalized spacial score (nSPS) is 11.2. The zero-order valence-electron chi connectivity index (χ0n) is 13.4. The maximum absolute atomic E-state index is 6.13. The lowest BCUT2D eigenvalue weighted by atomic mass is 10.2. The predicted octanol–water partition coefficient (Wildman–Crippen LogP) is 3.53. The van der Waals surface area contributed by atoms with E-state index in [2.05, 4.69) is 16.9 Å². The van der Waals surface area contributed by atoms with Crippen molar-refractivity contribution in [2.75, 3.05) is 5.73 Å². The largest absolute Gasteiger partial charge is 0.382 e. The van der Waals surface area contributed by atoms with Crippen molar-refractivity contribution in [3.05, 3.63) is 54.0 Å². The van der Waals surface area contributed by atoms with E-state index in [1.54, 1.807) is 0 Å². The zero-order chi connectivity index (χ0) is 16.1. The highest BCUT2D eigenvalue weighted by molar-refractivity contribution is 5.85. The number of benzene rings is 1. The lowest BCUT2D eigenvalue weighted by molar-refractivity contribution is 0.0668. The van der Waals surface area contributed by atoms with E-state index in [9.17, 15) is 0 Å². The molecule has 0 aliphatic heterocycles. The van der Waals surface area contributed by atoms with Gasteiger partial charge < -0.3 is 15.0 Å². The number of nitrogen functional groups attached to an aromatic ring is 1. The van der Waals surface area contributed by atoms with Gasteiger partial charge in [-0.05, 0) is 18.1 Å². The Hall–Kier alpha value is -2.40. The van der Waals surface area contributed by atoms with E-state index in [4.69, 9.17) is 10.5 Å². The second-order valence-electron chi connectivity index (χ2n) is 5.61. The first kappa shape index (κ1) is 15.5. The van der Waals surface area contributed by atoms with Gasteiger partial charge in [0.1, 0.15) is 18.1 Å². The summed E-state index contributed by atoms with van der Waals surface area (Å²) in [5.41, 5.74) is 9.00. The van der Waals surface area contributed by atoms with Crippen molar-refractivity contribution in [2.45, 2.75) is 39.5 Å². The highest BCUT2D eigenvalue weighted by Gasteiger charge is 2.10. The van der Waals surface area contributed by atoms with Gasteiger partial charge in [-0.1, -0.05) is 43.7 Å². The third kappa shape index (κ3) is 3.68. The molecule has 120 valence electrons. The Morgan fingerprint density at radius 1 is 1.13 bits per heavy atom. The monoisotopic (exact) mass is 310 g/mol. The van der Waals surface area contributed by atoms with Crippen LogP contribution in [0.15, 0.2) is 42.6 Å². The van der Waals surface area contributed by atoms with Crippen molar-refractivity contribution in [3.8, 4) is 0 Å². The SMILES string of the molecule is CCCCc1nc(N)c2c(ccn2COCc2ccccc2)n1. The molecule has 0 radical (unpaired) electrons. The summed E-state index contributed by atoms with van der Waals surface area (Å²) in [4.78, 5) is 9.02. The number of aryl methyl sites for hydroxylation is 1. The van der Waals surface area contributed by atoms with Crippen LogP contribution in [-0.2, 0) is 24.5 Å². The van der Waals surface area contributed by atoms with Crippen molar-refractivity contribution >= 4 is 16.9 Å². The number of hydrogen-bond donors (Lipinski definition) is 1. The van der Waals surface area contributed by atoms with E-state index in [1.807, 2.05) is 47.2 Å². The highest BCUT2D eigenvalue weighted by atomic mass is 16.5. The first-order chi connectivity index (χ1) is 11.3. The van der Waals surface area contributed by atoms with E-state index in [-0.39, 0.29) is 0 Å². The third-order valence-corrected chi connectivity index (χ3v) is 3.78. The van der Waals surface area contributed by atoms with Gasteiger partial charge in [0.05, 0.1) is 12.1 Å². The zero-order valence-corrected chi connectivity index (χ0v) is 13.4. The summed E-state index contributed by atoms with van der Waals surface area (Å²) >= 11 is 0. The van der Waals surface area contributed by atoms with Gasteiger partial charge in [0.25, 0.3) is 0 Å². The van der Waals surface area contributed by atoms with E-state index in [1.165, 1.54) is 0 Å². The molecule has 3 aromatic rings. The minimum atomic E-state index is 0.431. The third-order valence-electron chi connectivity index (χ3n) is 3.78. The average molecular weight is 310 g/mol. The van der Waals surface area contributed by atoms with Crippen molar-refractivity contribution in [1.82, 2.24) is 14.5 Å². The minimum Gasteiger partial charge on any atom is -0.382 e. The Balaban J connectivity index is 1.71. The molecule has 1 aromatic carbocycles. The molecule has 2 N–H and O–H groups in total. The molecule has 3 rings (SSSR count). The van der Waals surface area contributed by atoms with Gasteiger partial charge in [0.15, 0.2) is 5.82 Å². The molecule has 0 bridgehead atoms. The van der Waals surface area contributed by atoms with Gasteiger partial charge in [-0.25, -0.2) is 9.97 Å². The molecule has 0 saturated heterocycles. The Morgan fingerprint density at radius 3 is 2.74 bits per heavy atom. The average Bonchev–Trinajstić information content (AvgIpc) is 2.97. The van der Waals surface area contributed by atoms with Gasteiger partial charge in [-0.3, -0.25) is 0 Å². The lowest BCUT2D eigenvalue weighted by Gasteiger charge is -2.09. The second-order valence-corrected chi connectivity index (χ2v) is 5.61. The summed E-state index contributed by atoms with van der Waals surface area (Å²) in [6.07, 6.45) is 5.01. The van der Waals surface area contributed by atoms with Crippen LogP contribution in [0.3, 0.4) is 0 Å². The van der Waals surface area contributed by atoms with Gasteiger partial charge >= 0.3 is 0 Å². The Morgan fingerprint density at radius 2 is 1.96 bits per heavy atom. The molecule has 23 heavy (non-hydrogen) atoms. The molecule has 0 fully saturated rings. The number of ether oxygens (including phenoxy) is 1. The van der Waals surface area contributed by atoms with Crippen LogP contribution < -0.4 is 5.73 Å². The van der Waals surface area contributed by atoms with E-state index in [0.717, 1.165) is 41.7 Å². The molecule has 5 nitrogen and oxygen atoms in total. The maximum Gasteiger partial charge on any atom is 0.151 e. The molecule has 0 unspecified atom stereocenters.